The topological polar surface area (TPSA) is 60.9 Å². The van der Waals surface area contributed by atoms with E-state index in [9.17, 15) is 13.2 Å². The molecule has 156 valence electrons. The Bertz CT molecular complexity index is 978. The van der Waals surface area contributed by atoms with Gasteiger partial charge in [-0.2, -0.15) is 0 Å². The van der Waals surface area contributed by atoms with E-state index in [-0.39, 0.29) is 23.5 Å². The van der Waals surface area contributed by atoms with Gasteiger partial charge in [-0.1, -0.05) is 42.5 Å². The zero-order valence-corrected chi connectivity index (χ0v) is 17.8. The molecule has 0 radical (unpaired) electrons. The molecule has 4 rings (SSSR count). The Morgan fingerprint density at radius 2 is 1.72 bits per heavy atom. The molecule has 7 heteroatoms. The first-order valence-electron chi connectivity index (χ1n) is 10.3. The van der Waals surface area contributed by atoms with Crippen molar-refractivity contribution in [3.05, 3.63) is 48.0 Å². The van der Waals surface area contributed by atoms with E-state index in [4.69, 9.17) is 0 Å². The molecule has 2 aliphatic rings. The van der Waals surface area contributed by atoms with Crippen LogP contribution in [0.3, 0.4) is 0 Å². The van der Waals surface area contributed by atoms with Gasteiger partial charge in [-0.3, -0.25) is 14.6 Å². The Labute approximate surface area is 173 Å². The number of rotatable bonds is 5. The van der Waals surface area contributed by atoms with Gasteiger partial charge in [0.25, 0.3) is 0 Å². The molecule has 0 N–H and O–H groups in total. The van der Waals surface area contributed by atoms with E-state index in [1.54, 1.807) is 11.9 Å². The Kier molecular flexibility index (Phi) is 5.90. The minimum absolute atomic E-state index is 0.0228. The molecule has 2 heterocycles. The molecule has 6 nitrogen and oxygen atoms in total. The Hall–Kier alpha value is -1.96. The minimum Gasteiger partial charge on any atom is -0.341 e. The highest BCUT2D eigenvalue weighted by Crippen LogP contribution is 2.21. The lowest BCUT2D eigenvalue weighted by Crippen LogP contribution is -2.50. The monoisotopic (exact) mass is 415 g/mol. The van der Waals surface area contributed by atoms with Crippen molar-refractivity contribution in [1.82, 2.24) is 14.7 Å². The maximum atomic E-state index is 12.6. The summed E-state index contributed by atoms with van der Waals surface area (Å²) in [5.41, 5.74) is 1.34. The van der Waals surface area contributed by atoms with Crippen LogP contribution in [0.5, 0.6) is 0 Å². The van der Waals surface area contributed by atoms with Crippen molar-refractivity contribution in [1.29, 1.82) is 0 Å². The van der Waals surface area contributed by atoms with E-state index >= 15 is 0 Å². The third-order valence-corrected chi connectivity index (χ3v) is 8.00. The number of hydrogen-bond donors (Lipinski definition) is 0. The van der Waals surface area contributed by atoms with Gasteiger partial charge in [0.15, 0.2) is 9.84 Å². The maximum absolute atomic E-state index is 12.6. The number of piperazine rings is 1. The number of amides is 1. The zero-order valence-electron chi connectivity index (χ0n) is 17.0. The standard InChI is InChI=1S/C22H29N3O3S/c1-23(20-9-14-29(27,28)17-20)22(26)16-25-12-10-24(11-13-25)15-19-7-4-6-18-5-2-3-8-21(18)19/h2-8,20H,9-17H2,1H3/t20-/m0/s1. The van der Waals surface area contributed by atoms with Crippen molar-refractivity contribution < 1.29 is 13.2 Å². The summed E-state index contributed by atoms with van der Waals surface area (Å²) in [5, 5.41) is 2.58. The van der Waals surface area contributed by atoms with Gasteiger partial charge in [0.05, 0.1) is 18.1 Å². The van der Waals surface area contributed by atoms with Crippen molar-refractivity contribution in [3.63, 3.8) is 0 Å². The Morgan fingerprint density at radius 1 is 1.03 bits per heavy atom. The van der Waals surface area contributed by atoms with Gasteiger partial charge in [-0.15, -0.1) is 0 Å². The van der Waals surface area contributed by atoms with Crippen LogP contribution in [0.25, 0.3) is 10.8 Å². The molecule has 1 amide bonds. The summed E-state index contributed by atoms with van der Waals surface area (Å²) in [6.07, 6.45) is 0.559. The SMILES string of the molecule is CN(C(=O)CN1CCN(Cc2cccc3ccccc23)CC1)[C@H]1CCS(=O)(=O)C1. The molecular weight excluding hydrogens is 386 g/mol. The largest absolute Gasteiger partial charge is 0.341 e. The van der Waals surface area contributed by atoms with Crippen molar-refractivity contribution in [2.24, 2.45) is 0 Å². The number of hydrogen-bond acceptors (Lipinski definition) is 5. The highest BCUT2D eigenvalue weighted by molar-refractivity contribution is 7.91. The smallest absolute Gasteiger partial charge is 0.236 e. The fourth-order valence-electron chi connectivity index (χ4n) is 4.36. The summed E-state index contributed by atoms with van der Waals surface area (Å²) < 4.78 is 23.3. The first-order chi connectivity index (χ1) is 13.9. The van der Waals surface area contributed by atoms with Gasteiger partial charge in [0.1, 0.15) is 0 Å². The number of fused-ring (bicyclic) bond motifs is 1. The molecule has 0 saturated carbocycles. The third kappa shape index (κ3) is 4.79. The fraction of sp³-hybridized carbons (Fsp3) is 0.500. The van der Waals surface area contributed by atoms with Gasteiger partial charge in [0, 0.05) is 45.8 Å². The Balaban J connectivity index is 1.29. The van der Waals surface area contributed by atoms with E-state index in [2.05, 4.69) is 52.3 Å². The number of sulfone groups is 1. The maximum Gasteiger partial charge on any atom is 0.236 e. The van der Waals surface area contributed by atoms with Crippen LogP contribution in [-0.2, 0) is 21.2 Å². The average molecular weight is 416 g/mol. The van der Waals surface area contributed by atoms with E-state index in [1.807, 2.05) is 0 Å². The van der Waals surface area contributed by atoms with E-state index in [1.165, 1.54) is 16.3 Å². The number of nitrogens with zero attached hydrogens (tertiary/aromatic N) is 3. The molecule has 0 unspecified atom stereocenters. The molecule has 0 aliphatic carbocycles. The zero-order chi connectivity index (χ0) is 20.4. The summed E-state index contributed by atoms with van der Waals surface area (Å²) in [6, 6.07) is 14.8. The van der Waals surface area contributed by atoms with E-state index in [0.29, 0.717) is 13.0 Å². The lowest BCUT2D eigenvalue weighted by atomic mass is 10.0. The van der Waals surface area contributed by atoms with Crippen molar-refractivity contribution in [2.45, 2.75) is 19.0 Å². The lowest BCUT2D eigenvalue weighted by molar-refractivity contribution is -0.133. The molecule has 2 aromatic rings. The van der Waals surface area contributed by atoms with Crippen LogP contribution in [0, 0.1) is 0 Å². The molecule has 1 atom stereocenters. The van der Waals surface area contributed by atoms with Crippen LogP contribution in [-0.4, -0.2) is 86.3 Å². The highest BCUT2D eigenvalue weighted by Gasteiger charge is 2.33. The van der Waals surface area contributed by atoms with Gasteiger partial charge < -0.3 is 4.90 Å². The summed E-state index contributed by atoms with van der Waals surface area (Å²) in [5.74, 6) is 0.325. The second-order valence-electron chi connectivity index (χ2n) is 8.25. The molecule has 2 saturated heterocycles. The number of likely N-dealkylation sites (N-methyl/N-ethyl adjacent to an activating group) is 1. The van der Waals surface area contributed by atoms with Gasteiger partial charge in [0.2, 0.25) is 5.91 Å². The number of carbonyl (C=O) groups is 1. The second kappa shape index (κ2) is 8.42. The van der Waals surface area contributed by atoms with E-state index in [0.717, 1.165) is 32.7 Å². The number of carbonyl (C=O) groups excluding carboxylic acids is 1. The predicted octanol–water partition coefficient (Wildman–Crippen LogP) is 1.60. The van der Waals surface area contributed by atoms with Crippen LogP contribution in [0.2, 0.25) is 0 Å². The molecular formula is C22H29N3O3S. The lowest BCUT2D eigenvalue weighted by Gasteiger charge is -2.35. The summed E-state index contributed by atoms with van der Waals surface area (Å²) >= 11 is 0. The second-order valence-corrected chi connectivity index (χ2v) is 10.5. The van der Waals surface area contributed by atoms with Gasteiger partial charge in [-0.25, -0.2) is 8.42 Å². The van der Waals surface area contributed by atoms with Gasteiger partial charge in [-0.05, 0) is 22.8 Å². The van der Waals surface area contributed by atoms with Crippen molar-refractivity contribution in [3.8, 4) is 0 Å². The van der Waals surface area contributed by atoms with Crippen LogP contribution in [0.4, 0.5) is 0 Å². The molecule has 2 fully saturated rings. The van der Waals surface area contributed by atoms with Crippen LogP contribution >= 0.6 is 0 Å². The first kappa shape index (κ1) is 20.3. The highest BCUT2D eigenvalue weighted by atomic mass is 32.2. The first-order valence-corrected chi connectivity index (χ1v) is 12.1. The quantitative estimate of drug-likeness (QED) is 0.742. The predicted molar refractivity (Wildman–Crippen MR) is 115 cm³/mol. The van der Waals surface area contributed by atoms with E-state index < -0.39 is 9.84 Å². The average Bonchev–Trinajstić information content (AvgIpc) is 3.09. The molecule has 2 aliphatic heterocycles. The van der Waals surface area contributed by atoms with Crippen molar-refractivity contribution in [2.75, 3.05) is 51.3 Å². The summed E-state index contributed by atoms with van der Waals surface area (Å²) in [7, 11) is -1.23. The number of benzene rings is 2. The fourth-order valence-corrected chi connectivity index (χ4v) is 6.14. The molecule has 0 spiro atoms. The molecule has 0 bridgehead atoms. The van der Waals surface area contributed by atoms with Crippen LogP contribution in [0.1, 0.15) is 12.0 Å². The molecule has 2 aromatic carbocycles. The van der Waals surface area contributed by atoms with Crippen LogP contribution in [0.15, 0.2) is 42.5 Å². The third-order valence-electron chi connectivity index (χ3n) is 6.25. The Morgan fingerprint density at radius 3 is 2.45 bits per heavy atom. The molecule has 0 aromatic heterocycles. The van der Waals surface area contributed by atoms with Crippen molar-refractivity contribution >= 4 is 26.5 Å². The van der Waals surface area contributed by atoms with Crippen LogP contribution < -0.4 is 0 Å². The minimum atomic E-state index is -2.97. The molecule has 29 heavy (non-hydrogen) atoms. The summed E-state index contributed by atoms with van der Waals surface area (Å²) in [6.45, 7) is 4.86. The summed E-state index contributed by atoms with van der Waals surface area (Å²) in [4.78, 5) is 18.9. The normalized spacial score (nSPS) is 22.7. The van der Waals surface area contributed by atoms with Gasteiger partial charge >= 0.3 is 0 Å².